The van der Waals surface area contributed by atoms with Crippen molar-refractivity contribution in [1.82, 2.24) is 0 Å². The number of hydrogen-bond donors (Lipinski definition) is 1. The molecule has 0 aliphatic heterocycles. The number of rotatable bonds is 42. The largest absolute Gasteiger partial charge is 0.498 e. The van der Waals surface area contributed by atoms with Crippen molar-refractivity contribution in [1.29, 1.82) is 0 Å². The number of nitrogens with zero attached hydrogens (tertiary/aromatic N) is 1. The molecule has 0 radical (unpaired) electrons. The van der Waals surface area contributed by atoms with Crippen molar-refractivity contribution in [2.75, 3.05) is 47.5 Å². The van der Waals surface area contributed by atoms with Crippen molar-refractivity contribution < 1.29 is 37.3 Å². The maximum atomic E-state index is 12.7. The molecule has 0 aliphatic rings. The van der Waals surface area contributed by atoms with Gasteiger partial charge in [-0.1, -0.05) is 165 Å². The summed E-state index contributed by atoms with van der Waals surface area (Å²) in [5, 5.41) is 0. The van der Waals surface area contributed by atoms with E-state index in [0.29, 0.717) is 17.4 Å². The van der Waals surface area contributed by atoms with E-state index in [1.165, 1.54) is 109 Å². The number of carbonyl (C=O) groups excluding carboxylic acids is 1. The van der Waals surface area contributed by atoms with Crippen LogP contribution in [-0.2, 0) is 27.9 Å². The maximum absolute atomic E-state index is 12.7. The van der Waals surface area contributed by atoms with E-state index in [9.17, 15) is 14.3 Å². The first kappa shape index (κ1) is 55.0. The predicted octanol–water partition coefficient (Wildman–Crippen LogP) is 14.1. The fraction of sp³-hybridized carbons (Fsp3) is 0.771. The number of phosphoric ester groups is 1. The summed E-state index contributed by atoms with van der Waals surface area (Å²) >= 11 is 0. The van der Waals surface area contributed by atoms with E-state index in [2.05, 4.69) is 62.5 Å². The van der Waals surface area contributed by atoms with Gasteiger partial charge in [0, 0.05) is 6.42 Å². The van der Waals surface area contributed by atoms with Crippen molar-refractivity contribution in [2.45, 2.75) is 193 Å². The molecule has 8 nitrogen and oxygen atoms in total. The van der Waals surface area contributed by atoms with E-state index in [1.807, 2.05) is 27.2 Å². The highest BCUT2D eigenvalue weighted by Gasteiger charge is 2.26. The standard InChI is InChI=1S/C48H88NO7P/c1-6-8-10-12-14-16-18-20-22-24-25-26-27-29-31-33-35-37-39-41-48(50)56-47(46-55-57(51,52)54-44-42-49(3,4)5)45-53-43-40-38-36-34-32-30-28-23-21-19-17-15-13-11-9-7-2/h14,16,20,22,25-26,29,31,40,43,47H,6-13,15,17-19,21,23-24,27-28,30,32-39,41-42,44-46H2,1-5H3/p+1/b16-14+,22-20+,26-25+,31-29+,43-40+/t47-/m1/s1. The summed E-state index contributed by atoms with van der Waals surface area (Å²) in [6.07, 6.45) is 52.1. The number of unbranched alkanes of at least 4 members (excludes halogenated alkanes) is 20. The maximum Gasteiger partial charge on any atom is 0.472 e. The number of allylic oxidation sites excluding steroid dienone is 9. The summed E-state index contributed by atoms with van der Waals surface area (Å²) < 4.78 is 34.7. The highest BCUT2D eigenvalue weighted by molar-refractivity contribution is 7.47. The SMILES string of the molecule is CCCCC/C=C/C/C=C/C/C=C/C/C=C/CCCCCC(=O)O[C@H](CO/C=C/CCCCCCCCCCCCCCCC)COP(=O)(O)OCC[N+](C)(C)C. The summed E-state index contributed by atoms with van der Waals surface area (Å²) in [6.45, 7) is 4.87. The van der Waals surface area contributed by atoms with E-state index in [0.717, 1.165) is 51.4 Å². The monoisotopic (exact) mass is 823 g/mol. The normalized spacial score (nSPS) is 14.2. The summed E-state index contributed by atoms with van der Waals surface area (Å²) in [6, 6.07) is 0. The number of carbonyl (C=O) groups is 1. The van der Waals surface area contributed by atoms with Gasteiger partial charge in [0.1, 0.15) is 19.8 Å². The number of ether oxygens (including phenoxy) is 2. The Morgan fingerprint density at radius 2 is 0.982 bits per heavy atom. The third-order valence-electron chi connectivity index (χ3n) is 9.65. The molecule has 0 saturated heterocycles. The van der Waals surface area contributed by atoms with E-state index in [1.54, 1.807) is 6.26 Å². The smallest absolute Gasteiger partial charge is 0.472 e. The highest BCUT2D eigenvalue weighted by Crippen LogP contribution is 2.43. The molecule has 1 unspecified atom stereocenters. The zero-order chi connectivity index (χ0) is 42.0. The average molecular weight is 823 g/mol. The van der Waals surface area contributed by atoms with Crippen LogP contribution in [0, 0.1) is 0 Å². The Hall–Kier alpha value is -1.96. The number of esters is 1. The Morgan fingerprint density at radius 3 is 1.49 bits per heavy atom. The second-order valence-corrected chi connectivity index (χ2v) is 18.0. The molecule has 0 heterocycles. The van der Waals surface area contributed by atoms with E-state index in [-0.39, 0.29) is 32.2 Å². The fourth-order valence-electron chi connectivity index (χ4n) is 6.03. The van der Waals surface area contributed by atoms with Gasteiger partial charge < -0.3 is 18.9 Å². The Kier molecular flexibility index (Phi) is 39.4. The molecule has 2 atom stereocenters. The van der Waals surface area contributed by atoms with Gasteiger partial charge in [0.05, 0.1) is 34.0 Å². The quantitative estimate of drug-likeness (QED) is 0.0164. The van der Waals surface area contributed by atoms with Crippen LogP contribution in [0.3, 0.4) is 0 Å². The Labute approximate surface area is 351 Å². The van der Waals surface area contributed by atoms with E-state index >= 15 is 0 Å². The summed E-state index contributed by atoms with van der Waals surface area (Å²) in [5.41, 5.74) is 0. The summed E-state index contributed by atoms with van der Waals surface area (Å²) in [7, 11) is 1.61. The lowest BCUT2D eigenvalue weighted by Gasteiger charge is -2.24. The molecule has 0 fully saturated rings. The van der Waals surface area contributed by atoms with Gasteiger partial charge in [0.15, 0.2) is 6.10 Å². The van der Waals surface area contributed by atoms with Gasteiger partial charge >= 0.3 is 13.8 Å². The number of quaternary nitrogens is 1. The van der Waals surface area contributed by atoms with Crippen LogP contribution in [0.5, 0.6) is 0 Å². The highest BCUT2D eigenvalue weighted by atomic mass is 31.2. The Bertz CT molecular complexity index is 1090. The molecule has 57 heavy (non-hydrogen) atoms. The molecule has 0 bridgehead atoms. The van der Waals surface area contributed by atoms with Gasteiger partial charge in [-0.05, 0) is 70.3 Å². The minimum atomic E-state index is -4.30. The van der Waals surface area contributed by atoms with Crippen LogP contribution in [0.1, 0.15) is 187 Å². The van der Waals surface area contributed by atoms with Crippen LogP contribution in [0.4, 0.5) is 0 Å². The lowest BCUT2D eigenvalue weighted by molar-refractivity contribution is -0.870. The van der Waals surface area contributed by atoms with Crippen molar-refractivity contribution in [3.63, 3.8) is 0 Å². The number of hydrogen-bond acceptors (Lipinski definition) is 6. The van der Waals surface area contributed by atoms with Gasteiger partial charge in [0.25, 0.3) is 0 Å². The second-order valence-electron chi connectivity index (χ2n) is 16.5. The van der Waals surface area contributed by atoms with E-state index in [4.69, 9.17) is 18.5 Å². The summed E-state index contributed by atoms with van der Waals surface area (Å²) in [5.74, 6) is -0.366. The van der Waals surface area contributed by atoms with Crippen LogP contribution >= 0.6 is 7.82 Å². The van der Waals surface area contributed by atoms with E-state index < -0.39 is 13.9 Å². The van der Waals surface area contributed by atoms with Gasteiger partial charge in [-0.15, -0.1) is 0 Å². The first-order valence-electron chi connectivity index (χ1n) is 23.1. The molecular weight excluding hydrogens is 734 g/mol. The first-order chi connectivity index (χ1) is 27.6. The minimum Gasteiger partial charge on any atom is -0.498 e. The van der Waals surface area contributed by atoms with Crippen LogP contribution in [0.15, 0.2) is 60.9 Å². The molecule has 0 aromatic heterocycles. The van der Waals surface area contributed by atoms with Crippen molar-refractivity contribution in [3.8, 4) is 0 Å². The van der Waals surface area contributed by atoms with Gasteiger partial charge in [-0.25, -0.2) is 4.57 Å². The van der Waals surface area contributed by atoms with Gasteiger partial charge in [-0.3, -0.25) is 13.8 Å². The minimum absolute atomic E-state index is 0.0337. The molecule has 0 amide bonds. The Balaban J connectivity index is 4.34. The van der Waals surface area contributed by atoms with Crippen molar-refractivity contribution in [2.24, 2.45) is 0 Å². The molecular formula is C48H89NO7P+. The van der Waals surface area contributed by atoms with Crippen LogP contribution < -0.4 is 0 Å². The molecule has 0 aliphatic carbocycles. The van der Waals surface area contributed by atoms with Gasteiger partial charge in [0.2, 0.25) is 0 Å². The zero-order valence-corrected chi connectivity index (χ0v) is 38.5. The Morgan fingerprint density at radius 1 is 0.561 bits per heavy atom. The molecule has 1 N–H and O–H groups in total. The molecule has 0 aromatic rings. The fourth-order valence-corrected chi connectivity index (χ4v) is 6.77. The van der Waals surface area contributed by atoms with Crippen LogP contribution in [0.25, 0.3) is 0 Å². The molecule has 332 valence electrons. The average Bonchev–Trinajstić information content (AvgIpc) is 3.16. The molecule has 0 aromatic carbocycles. The number of phosphoric acid groups is 1. The molecule has 9 heteroatoms. The van der Waals surface area contributed by atoms with Crippen LogP contribution in [-0.4, -0.2) is 69.0 Å². The lowest BCUT2D eigenvalue weighted by Crippen LogP contribution is -2.37. The molecule has 0 saturated carbocycles. The van der Waals surface area contributed by atoms with Crippen molar-refractivity contribution in [3.05, 3.63) is 60.9 Å². The first-order valence-corrected chi connectivity index (χ1v) is 24.6. The third kappa shape index (κ3) is 45.0. The zero-order valence-electron chi connectivity index (χ0n) is 37.6. The number of likely N-dealkylation sites (N-methyl/N-ethyl adjacent to an activating group) is 1. The third-order valence-corrected chi connectivity index (χ3v) is 10.6. The summed E-state index contributed by atoms with van der Waals surface area (Å²) in [4.78, 5) is 22.9. The molecule has 0 spiro atoms. The van der Waals surface area contributed by atoms with Crippen LogP contribution in [0.2, 0.25) is 0 Å². The van der Waals surface area contributed by atoms with Crippen molar-refractivity contribution >= 4 is 13.8 Å². The predicted molar refractivity (Wildman–Crippen MR) is 242 cm³/mol. The topological polar surface area (TPSA) is 91.3 Å². The lowest BCUT2D eigenvalue weighted by atomic mass is 10.0. The van der Waals surface area contributed by atoms with Gasteiger partial charge in [-0.2, -0.15) is 0 Å². The second kappa shape index (κ2) is 40.8. The molecule has 0 rings (SSSR count).